The molecule has 0 fully saturated rings. The van der Waals surface area contributed by atoms with E-state index in [0.717, 1.165) is 4.48 Å². The molecule has 4 rings (SSSR count). The summed E-state index contributed by atoms with van der Waals surface area (Å²) in [6.07, 6.45) is 0. The van der Waals surface area contributed by atoms with E-state index in [1.165, 1.54) is 38.4 Å². The summed E-state index contributed by atoms with van der Waals surface area (Å²) < 4.78 is 0.830. The van der Waals surface area contributed by atoms with E-state index in [1.807, 2.05) is 0 Å². The minimum Gasteiger partial charge on any atom is -0.298 e. The maximum atomic E-state index is 2.29. The van der Waals surface area contributed by atoms with Crippen molar-refractivity contribution in [3.05, 3.63) is 78.9 Å². The van der Waals surface area contributed by atoms with Gasteiger partial charge in [0, 0.05) is 0 Å². The smallest absolute Gasteiger partial charge is 0.132 e. The van der Waals surface area contributed by atoms with Gasteiger partial charge in [0.1, 0.15) is 5.69 Å². The van der Waals surface area contributed by atoms with Crippen molar-refractivity contribution in [2.75, 3.05) is 21.1 Å². The number of hydrogen-bond donors (Lipinski definition) is 0. The molecule has 0 aliphatic rings. The second-order valence-corrected chi connectivity index (χ2v) is 7.25. The van der Waals surface area contributed by atoms with Crippen LogP contribution in [0, 0.1) is 0 Å². The van der Waals surface area contributed by atoms with Crippen molar-refractivity contribution >= 4 is 27.2 Å². The molecule has 0 radical (unpaired) electrons. The lowest BCUT2D eigenvalue weighted by Crippen LogP contribution is -2.34. The highest BCUT2D eigenvalue weighted by Gasteiger charge is 2.14. The standard InChI is InChI=1S/C23H22N/c1-24(2,3)20-14-12-17(13-15-20)23-21-10-6-4-8-18(21)16-19-9-5-7-11-22(19)23/h4-16H,1-3H3/q+1. The molecule has 0 bridgehead atoms. The molecule has 0 spiro atoms. The summed E-state index contributed by atoms with van der Waals surface area (Å²) in [5, 5.41) is 5.21. The van der Waals surface area contributed by atoms with E-state index in [9.17, 15) is 0 Å². The van der Waals surface area contributed by atoms with E-state index in [4.69, 9.17) is 0 Å². The van der Waals surface area contributed by atoms with Gasteiger partial charge in [0.25, 0.3) is 0 Å². The van der Waals surface area contributed by atoms with Gasteiger partial charge in [-0.2, -0.15) is 0 Å². The maximum Gasteiger partial charge on any atom is 0.132 e. The molecule has 1 heteroatoms. The molecule has 0 heterocycles. The van der Waals surface area contributed by atoms with E-state index in [0.29, 0.717) is 0 Å². The van der Waals surface area contributed by atoms with Crippen LogP contribution in [0.25, 0.3) is 32.7 Å². The lowest BCUT2D eigenvalue weighted by molar-refractivity contribution is 0.486. The summed E-state index contributed by atoms with van der Waals surface area (Å²) in [5.41, 5.74) is 3.92. The quantitative estimate of drug-likeness (QED) is 0.321. The molecule has 4 aromatic carbocycles. The number of fused-ring (bicyclic) bond motifs is 2. The van der Waals surface area contributed by atoms with E-state index in [1.54, 1.807) is 0 Å². The molecule has 0 amide bonds. The zero-order valence-electron chi connectivity index (χ0n) is 14.5. The van der Waals surface area contributed by atoms with Crippen molar-refractivity contribution in [3.63, 3.8) is 0 Å². The molecule has 0 saturated carbocycles. The number of rotatable bonds is 2. The lowest BCUT2D eigenvalue weighted by Gasteiger charge is -2.23. The highest BCUT2D eigenvalue weighted by molar-refractivity contribution is 6.12. The molecule has 4 aromatic rings. The Hall–Kier alpha value is -2.64. The van der Waals surface area contributed by atoms with Gasteiger partial charge in [-0.15, -0.1) is 0 Å². The van der Waals surface area contributed by atoms with Crippen molar-refractivity contribution < 1.29 is 0 Å². The summed E-state index contributed by atoms with van der Waals surface area (Å²) in [6.45, 7) is 0. The molecule has 0 N–H and O–H groups in total. The van der Waals surface area contributed by atoms with Crippen molar-refractivity contribution in [3.8, 4) is 11.1 Å². The van der Waals surface area contributed by atoms with Gasteiger partial charge >= 0.3 is 0 Å². The van der Waals surface area contributed by atoms with Crippen LogP contribution in [0.1, 0.15) is 0 Å². The fourth-order valence-electron chi connectivity index (χ4n) is 3.40. The number of nitrogens with zero attached hydrogens (tertiary/aromatic N) is 1. The Balaban J connectivity index is 2.03. The fourth-order valence-corrected chi connectivity index (χ4v) is 3.40. The number of hydrogen-bond acceptors (Lipinski definition) is 0. The maximum absolute atomic E-state index is 2.29. The molecule has 0 aliphatic carbocycles. The van der Waals surface area contributed by atoms with Crippen LogP contribution in [-0.4, -0.2) is 21.1 Å². The van der Waals surface area contributed by atoms with Gasteiger partial charge in [-0.3, -0.25) is 4.48 Å². The summed E-state index contributed by atoms with van der Waals surface area (Å²) in [5.74, 6) is 0. The number of quaternary nitrogens is 1. The van der Waals surface area contributed by atoms with Gasteiger partial charge in [0.2, 0.25) is 0 Å². The van der Waals surface area contributed by atoms with Gasteiger partial charge < -0.3 is 0 Å². The van der Waals surface area contributed by atoms with Crippen molar-refractivity contribution in [1.82, 2.24) is 4.48 Å². The van der Waals surface area contributed by atoms with Gasteiger partial charge in [0.05, 0.1) is 21.1 Å². The predicted molar refractivity (Wildman–Crippen MR) is 106 cm³/mol. The summed E-state index contributed by atoms with van der Waals surface area (Å²) in [6, 6.07) is 28.6. The first kappa shape index (κ1) is 14.9. The van der Waals surface area contributed by atoms with Crippen LogP contribution in [0.15, 0.2) is 78.9 Å². The lowest BCUT2D eigenvalue weighted by atomic mass is 9.92. The molecule has 1 nitrogen and oxygen atoms in total. The van der Waals surface area contributed by atoms with E-state index < -0.39 is 0 Å². The fraction of sp³-hybridized carbons (Fsp3) is 0.130. The van der Waals surface area contributed by atoms with Crippen LogP contribution in [-0.2, 0) is 0 Å². The predicted octanol–water partition coefficient (Wildman–Crippen LogP) is 5.86. The molecule has 0 aliphatic heterocycles. The second kappa shape index (κ2) is 5.47. The Morgan fingerprint density at radius 3 is 1.58 bits per heavy atom. The summed E-state index contributed by atoms with van der Waals surface area (Å²) in [4.78, 5) is 0. The Kier molecular flexibility index (Phi) is 3.40. The molecule has 0 saturated heterocycles. The normalized spacial score (nSPS) is 12.0. The number of benzene rings is 4. The summed E-state index contributed by atoms with van der Waals surface area (Å²) >= 11 is 0. The Morgan fingerprint density at radius 2 is 1.08 bits per heavy atom. The Bertz CT molecular complexity index is 967. The van der Waals surface area contributed by atoms with E-state index in [-0.39, 0.29) is 0 Å². The third-order valence-electron chi connectivity index (χ3n) is 4.70. The minimum atomic E-state index is 0.830. The first-order valence-corrected chi connectivity index (χ1v) is 8.37. The molecular formula is C23H22N+. The highest BCUT2D eigenvalue weighted by Crippen LogP contribution is 2.37. The first-order chi connectivity index (χ1) is 11.5. The second-order valence-electron chi connectivity index (χ2n) is 7.25. The zero-order chi connectivity index (χ0) is 16.7. The van der Waals surface area contributed by atoms with Gasteiger partial charge in [-0.25, -0.2) is 0 Å². The Morgan fingerprint density at radius 1 is 0.583 bits per heavy atom. The third kappa shape index (κ3) is 2.47. The molecule has 118 valence electrons. The monoisotopic (exact) mass is 312 g/mol. The minimum absolute atomic E-state index is 0.830. The van der Waals surface area contributed by atoms with Gasteiger partial charge in [-0.05, 0) is 63.0 Å². The highest BCUT2D eigenvalue weighted by atomic mass is 15.3. The average molecular weight is 312 g/mol. The average Bonchev–Trinajstić information content (AvgIpc) is 2.59. The summed E-state index contributed by atoms with van der Waals surface area (Å²) in [7, 11) is 6.59. The van der Waals surface area contributed by atoms with Crippen LogP contribution in [0.4, 0.5) is 5.69 Å². The third-order valence-corrected chi connectivity index (χ3v) is 4.70. The molecular weight excluding hydrogens is 290 g/mol. The van der Waals surface area contributed by atoms with Crippen molar-refractivity contribution in [2.45, 2.75) is 0 Å². The van der Waals surface area contributed by atoms with Gasteiger partial charge in [-0.1, -0.05) is 48.5 Å². The van der Waals surface area contributed by atoms with Crippen molar-refractivity contribution in [2.24, 2.45) is 0 Å². The van der Waals surface area contributed by atoms with Crippen LogP contribution < -0.4 is 4.48 Å². The van der Waals surface area contributed by atoms with E-state index >= 15 is 0 Å². The first-order valence-electron chi connectivity index (χ1n) is 8.37. The SMILES string of the molecule is C[N+](C)(C)c1ccc(-c2c3ccccc3cc3ccccc23)cc1. The van der Waals surface area contributed by atoms with Crippen LogP contribution in [0.3, 0.4) is 0 Å². The largest absolute Gasteiger partial charge is 0.298 e. The molecule has 24 heavy (non-hydrogen) atoms. The molecule has 0 unspecified atom stereocenters. The topological polar surface area (TPSA) is 0 Å². The molecule has 0 aromatic heterocycles. The molecule has 0 atom stereocenters. The van der Waals surface area contributed by atoms with Crippen LogP contribution in [0.2, 0.25) is 0 Å². The van der Waals surface area contributed by atoms with E-state index in [2.05, 4.69) is 100 Å². The van der Waals surface area contributed by atoms with Gasteiger partial charge in [0.15, 0.2) is 0 Å². The zero-order valence-corrected chi connectivity index (χ0v) is 14.5. The van der Waals surface area contributed by atoms with Crippen LogP contribution in [0.5, 0.6) is 0 Å². The van der Waals surface area contributed by atoms with Crippen LogP contribution >= 0.6 is 0 Å². The van der Waals surface area contributed by atoms with Crippen molar-refractivity contribution in [1.29, 1.82) is 0 Å². The Labute approximate surface area is 143 Å².